The average molecular weight is 579 g/mol. The number of aliphatic hydroxyl groups is 2. The number of aliphatic hydroxyl groups excluding tert-OH is 2. The van der Waals surface area contributed by atoms with Crippen LogP contribution in [-0.4, -0.2) is 36.6 Å². The second-order valence-electron chi connectivity index (χ2n) is 12.6. The molecule has 0 heterocycles. The fourth-order valence-electron chi connectivity index (χ4n) is 4.33. The second-order valence-corrected chi connectivity index (χ2v) is 12.6. The minimum atomic E-state index is -0.159. The normalized spacial score (nSPS) is 11.6. The third-order valence-corrected chi connectivity index (χ3v) is 6.47. The zero-order chi connectivity index (χ0) is 30.8. The van der Waals surface area contributed by atoms with Gasteiger partial charge in [0.1, 0.15) is 0 Å². The Kier molecular flexibility index (Phi) is 12.6. The number of benzene rings is 3. The van der Waals surface area contributed by atoms with Crippen LogP contribution in [0.1, 0.15) is 66.5 Å². The van der Waals surface area contributed by atoms with Crippen LogP contribution in [0.5, 0.6) is 23.0 Å². The topological polar surface area (TPSA) is 77.4 Å². The van der Waals surface area contributed by atoms with Crippen LogP contribution in [0, 0.1) is 23.7 Å². The van der Waals surface area contributed by atoms with Crippen LogP contribution in [0.3, 0.4) is 0 Å². The Balaban J connectivity index is 2.06. The van der Waals surface area contributed by atoms with Crippen LogP contribution in [0.4, 0.5) is 0 Å². The van der Waals surface area contributed by atoms with Crippen molar-refractivity contribution in [1.29, 1.82) is 0 Å². The summed E-state index contributed by atoms with van der Waals surface area (Å²) in [7, 11) is 0. The van der Waals surface area contributed by atoms with Crippen molar-refractivity contribution in [3.63, 3.8) is 0 Å². The van der Waals surface area contributed by atoms with E-state index in [4.69, 9.17) is 18.9 Å². The average Bonchev–Trinajstić information content (AvgIpc) is 2.96. The fourth-order valence-corrected chi connectivity index (χ4v) is 4.33. The summed E-state index contributed by atoms with van der Waals surface area (Å²) in [4.78, 5) is 0. The van der Waals surface area contributed by atoms with E-state index in [1.807, 2.05) is 48.5 Å². The Bertz CT molecular complexity index is 1180. The van der Waals surface area contributed by atoms with Gasteiger partial charge in [-0.25, -0.2) is 0 Å². The molecule has 0 bridgehead atoms. The monoisotopic (exact) mass is 578 g/mol. The van der Waals surface area contributed by atoms with Crippen LogP contribution in [-0.2, 0) is 13.2 Å². The summed E-state index contributed by atoms with van der Waals surface area (Å²) in [6.07, 6.45) is 0. The predicted octanol–water partition coefficient (Wildman–Crippen LogP) is 8.14. The van der Waals surface area contributed by atoms with Crippen LogP contribution in [0.15, 0.2) is 48.5 Å². The molecule has 0 saturated carbocycles. The maximum atomic E-state index is 10.5. The van der Waals surface area contributed by atoms with E-state index in [1.165, 1.54) is 0 Å². The molecule has 0 aliphatic carbocycles. The SMILES string of the molecule is CC(C)COc1ccc(-c2cc(CO)c(-c3ccc(OCC(C)C)c(OCC(C)C)c3)cc2CO)cc1OCC(C)C. The van der Waals surface area contributed by atoms with Gasteiger partial charge in [0.25, 0.3) is 0 Å². The fraction of sp³-hybridized carbons (Fsp3) is 0.500. The molecule has 0 aliphatic rings. The number of hydrogen-bond donors (Lipinski definition) is 2. The molecule has 0 amide bonds. The van der Waals surface area contributed by atoms with Crippen LogP contribution in [0.25, 0.3) is 22.3 Å². The summed E-state index contributed by atoms with van der Waals surface area (Å²) in [5, 5.41) is 20.9. The molecule has 0 aliphatic heterocycles. The second kappa shape index (κ2) is 15.9. The molecule has 6 heteroatoms. The lowest BCUT2D eigenvalue weighted by atomic mass is 9.91. The predicted molar refractivity (Wildman–Crippen MR) is 170 cm³/mol. The zero-order valence-electron chi connectivity index (χ0n) is 26.7. The van der Waals surface area contributed by atoms with Crippen molar-refractivity contribution in [2.45, 2.75) is 68.6 Å². The molecule has 3 rings (SSSR count). The highest BCUT2D eigenvalue weighted by molar-refractivity contribution is 5.78. The Morgan fingerprint density at radius 3 is 1.05 bits per heavy atom. The molecule has 0 atom stereocenters. The molecule has 0 spiro atoms. The third-order valence-electron chi connectivity index (χ3n) is 6.47. The summed E-state index contributed by atoms with van der Waals surface area (Å²) in [5.74, 6) is 4.23. The smallest absolute Gasteiger partial charge is 0.161 e. The Labute approximate surface area is 252 Å². The van der Waals surface area contributed by atoms with Crippen molar-refractivity contribution >= 4 is 0 Å². The molecule has 42 heavy (non-hydrogen) atoms. The summed E-state index contributed by atoms with van der Waals surface area (Å²) in [6.45, 7) is 18.9. The van der Waals surface area contributed by atoms with Gasteiger partial charge >= 0.3 is 0 Å². The molecule has 0 aromatic heterocycles. The first-order valence-electron chi connectivity index (χ1n) is 15.2. The highest BCUT2D eigenvalue weighted by atomic mass is 16.5. The van der Waals surface area contributed by atoms with Gasteiger partial charge in [-0.15, -0.1) is 0 Å². The van der Waals surface area contributed by atoms with E-state index >= 15 is 0 Å². The van der Waals surface area contributed by atoms with Gasteiger partial charge in [0, 0.05) is 0 Å². The molecular weight excluding hydrogens is 528 g/mol. The molecular formula is C36H50O6. The molecule has 0 radical (unpaired) electrons. The van der Waals surface area contributed by atoms with Crippen molar-refractivity contribution in [2.75, 3.05) is 26.4 Å². The van der Waals surface area contributed by atoms with E-state index in [1.54, 1.807) is 0 Å². The lowest BCUT2D eigenvalue weighted by Gasteiger charge is -2.20. The van der Waals surface area contributed by atoms with Crippen molar-refractivity contribution in [3.05, 3.63) is 59.7 Å². The highest BCUT2D eigenvalue weighted by Crippen LogP contribution is 2.40. The van der Waals surface area contributed by atoms with E-state index in [9.17, 15) is 10.2 Å². The first kappa shape index (κ1) is 33.3. The lowest BCUT2D eigenvalue weighted by molar-refractivity contribution is 0.229. The van der Waals surface area contributed by atoms with Gasteiger partial charge in [0.15, 0.2) is 23.0 Å². The Morgan fingerprint density at radius 2 is 0.762 bits per heavy atom. The zero-order valence-corrected chi connectivity index (χ0v) is 26.7. The summed E-state index contributed by atoms with van der Waals surface area (Å²) in [6, 6.07) is 15.6. The Hall–Kier alpha value is -3.22. The highest BCUT2D eigenvalue weighted by Gasteiger charge is 2.17. The summed E-state index contributed by atoms with van der Waals surface area (Å²) < 4.78 is 24.4. The van der Waals surface area contributed by atoms with E-state index in [-0.39, 0.29) is 13.2 Å². The van der Waals surface area contributed by atoms with Gasteiger partial charge < -0.3 is 29.2 Å². The number of rotatable bonds is 16. The van der Waals surface area contributed by atoms with Gasteiger partial charge in [0.05, 0.1) is 39.6 Å². The lowest BCUT2D eigenvalue weighted by Crippen LogP contribution is -2.09. The first-order valence-corrected chi connectivity index (χ1v) is 15.2. The van der Waals surface area contributed by atoms with Gasteiger partial charge in [-0.2, -0.15) is 0 Å². The quantitative estimate of drug-likeness (QED) is 0.179. The largest absolute Gasteiger partial charge is 0.489 e. The summed E-state index contributed by atoms with van der Waals surface area (Å²) >= 11 is 0. The Morgan fingerprint density at radius 1 is 0.452 bits per heavy atom. The van der Waals surface area contributed by atoms with E-state index in [2.05, 4.69) is 55.4 Å². The molecule has 230 valence electrons. The van der Waals surface area contributed by atoms with Crippen LogP contribution < -0.4 is 18.9 Å². The van der Waals surface area contributed by atoms with Crippen LogP contribution in [0.2, 0.25) is 0 Å². The van der Waals surface area contributed by atoms with Gasteiger partial charge in [-0.05, 0) is 93.5 Å². The third kappa shape index (κ3) is 9.40. The molecule has 2 N–H and O–H groups in total. The van der Waals surface area contributed by atoms with Crippen molar-refractivity contribution in [3.8, 4) is 45.3 Å². The van der Waals surface area contributed by atoms with E-state index in [0.717, 1.165) is 33.4 Å². The molecule has 0 saturated heterocycles. The number of hydrogen-bond acceptors (Lipinski definition) is 6. The molecule has 3 aromatic carbocycles. The van der Waals surface area contributed by atoms with Gasteiger partial charge in [0.2, 0.25) is 0 Å². The maximum absolute atomic E-state index is 10.5. The minimum Gasteiger partial charge on any atom is -0.489 e. The van der Waals surface area contributed by atoms with Gasteiger partial charge in [-0.3, -0.25) is 0 Å². The van der Waals surface area contributed by atoms with E-state index < -0.39 is 0 Å². The molecule has 0 unspecified atom stereocenters. The van der Waals surface area contributed by atoms with E-state index in [0.29, 0.717) is 73.1 Å². The van der Waals surface area contributed by atoms with Crippen molar-refractivity contribution < 1.29 is 29.2 Å². The molecule has 3 aromatic rings. The van der Waals surface area contributed by atoms with Crippen molar-refractivity contribution in [2.24, 2.45) is 23.7 Å². The minimum absolute atomic E-state index is 0.159. The number of ether oxygens (including phenoxy) is 4. The maximum Gasteiger partial charge on any atom is 0.161 e. The van der Waals surface area contributed by atoms with Crippen molar-refractivity contribution in [1.82, 2.24) is 0 Å². The first-order chi connectivity index (χ1) is 20.0. The summed E-state index contributed by atoms with van der Waals surface area (Å²) in [5.41, 5.74) is 4.94. The molecule has 6 nitrogen and oxygen atoms in total. The van der Waals surface area contributed by atoms with Crippen LogP contribution >= 0.6 is 0 Å². The van der Waals surface area contributed by atoms with Gasteiger partial charge in [-0.1, -0.05) is 67.5 Å². The standard InChI is InChI=1S/C36H50O6/c1-23(2)19-39-33-11-9-27(15-35(33)41-21-25(5)6)31-13-30(18-38)32(14-29(31)17-37)28-10-12-34(40-20-24(3)4)36(16-28)42-22-26(7)8/h9-16,23-26,37-38H,17-22H2,1-8H3. The molecule has 0 fully saturated rings.